The third kappa shape index (κ3) is 7.22. The van der Waals surface area contributed by atoms with Crippen LogP contribution in [0, 0.1) is 0 Å². The minimum Gasteiger partial charge on any atom is -0.390 e. The van der Waals surface area contributed by atoms with Gasteiger partial charge in [-0.25, -0.2) is 0 Å². The highest BCUT2D eigenvalue weighted by molar-refractivity contribution is 5.22. The van der Waals surface area contributed by atoms with Gasteiger partial charge in [0.15, 0.2) is 23.1 Å². The van der Waals surface area contributed by atoms with Gasteiger partial charge in [0.25, 0.3) is 0 Å². The molecule has 0 bridgehead atoms. The highest BCUT2D eigenvalue weighted by Crippen LogP contribution is 2.41. The van der Waals surface area contributed by atoms with Gasteiger partial charge in [-0.3, -0.25) is 9.80 Å². The lowest BCUT2D eigenvalue weighted by atomic mass is 9.87. The van der Waals surface area contributed by atoms with E-state index in [-0.39, 0.29) is 13.1 Å². The number of aliphatic hydroxyl groups excluding tert-OH is 5. The first-order chi connectivity index (χ1) is 25.2. The van der Waals surface area contributed by atoms with Crippen LogP contribution >= 0.6 is 0 Å². The van der Waals surface area contributed by atoms with E-state index in [1.807, 2.05) is 58.4 Å². The molecule has 302 valence electrons. The molecule has 0 aromatic carbocycles. The molecule has 5 N–H and O–H groups in total. The highest BCUT2D eigenvalue weighted by atomic mass is 16.8. The minimum atomic E-state index is -1.14. The molecule has 15 heteroatoms. The summed E-state index contributed by atoms with van der Waals surface area (Å²) in [5.41, 5.74) is 0. The number of nitrogens with zero attached hydrogens (tertiary/aromatic N) is 2. The van der Waals surface area contributed by atoms with Crippen LogP contribution < -0.4 is 0 Å². The highest BCUT2D eigenvalue weighted by Gasteiger charge is 2.56. The molecule has 0 aromatic heterocycles. The molecule has 0 spiro atoms. The Labute approximate surface area is 316 Å². The Morgan fingerprint density at radius 3 is 0.852 bits per heavy atom. The molecule has 4 heterocycles. The van der Waals surface area contributed by atoms with Crippen molar-refractivity contribution in [1.82, 2.24) is 9.80 Å². The van der Waals surface area contributed by atoms with E-state index in [0.717, 1.165) is 0 Å². The Morgan fingerprint density at radius 2 is 0.630 bits per heavy atom. The monoisotopic (exact) mass is 762 g/mol. The van der Waals surface area contributed by atoms with Gasteiger partial charge in [-0.2, -0.15) is 0 Å². The number of rotatable bonds is 8. The van der Waals surface area contributed by atoms with Crippen molar-refractivity contribution < 1.29 is 63.4 Å². The molecule has 4 fully saturated rings. The normalized spacial score (nSPS) is 48.2. The molecule has 4 aliphatic carbocycles. The van der Waals surface area contributed by atoms with E-state index in [1.54, 1.807) is 55.4 Å². The van der Waals surface area contributed by atoms with Crippen LogP contribution in [0.2, 0.25) is 0 Å². The number of ether oxygens (including phenoxy) is 8. The Morgan fingerprint density at radius 1 is 0.407 bits per heavy atom. The van der Waals surface area contributed by atoms with E-state index in [1.165, 1.54) is 0 Å². The van der Waals surface area contributed by atoms with Gasteiger partial charge in [0.05, 0.1) is 30.3 Å². The van der Waals surface area contributed by atoms with Crippen LogP contribution in [0.1, 0.15) is 55.4 Å². The van der Waals surface area contributed by atoms with Crippen LogP contribution in [0.3, 0.4) is 0 Å². The van der Waals surface area contributed by atoms with E-state index < -0.39 is 127 Å². The van der Waals surface area contributed by atoms with E-state index in [9.17, 15) is 25.5 Å². The SMILES string of the molecule is CC1(C)O[C@H]2[C@H](O)[C@@H](N(CC(O)CN([C@H]3C=C[C@H]4OC(C)(C)O[C@H]4[C@@H]3O)[C@H]3C=C[C@H]4OC(C)(C)O[C@H]4[C@@H]3O)C3C=C[C@H]4OC(C)(C)O[C@H]4[C@@H]3O)C=C[C@H]2O1. The molecule has 4 saturated heterocycles. The van der Waals surface area contributed by atoms with Gasteiger partial charge in [-0.05, 0) is 55.4 Å². The van der Waals surface area contributed by atoms with Gasteiger partial charge in [-0.1, -0.05) is 48.6 Å². The van der Waals surface area contributed by atoms with Crippen molar-refractivity contribution in [3.05, 3.63) is 48.6 Å². The predicted octanol–water partition coefficient (Wildman–Crippen LogP) is 0.229. The van der Waals surface area contributed by atoms with Gasteiger partial charge in [-0.15, -0.1) is 0 Å². The van der Waals surface area contributed by atoms with Crippen molar-refractivity contribution in [2.24, 2.45) is 0 Å². The fourth-order valence-electron chi connectivity index (χ4n) is 9.70. The fourth-order valence-corrected chi connectivity index (χ4v) is 9.70. The first kappa shape index (κ1) is 39.2. The number of fused-ring (bicyclic) bond motifs is 4. The molecular formula is C39H58N2O13. The standard InChI is InChI=1S/C39H58N2O13/c1-36(2)47-24-13-9-20(28(43)32(24)51-36)40(21-10-14-25-33(29(21)44)52-37(3,4)48-25)17-19(42)18-41(22-11-15-26-34(30(22)45)53-38(5,6)49-26)23-12-16-27-35(31(23)46)54-39(7,8)50-27/h9-16,19-35,42-46H,17-18H2,1-8H3/t19?,20-,21-,22-,23?,24+,25+,26+,27+,28+,29+,30+,31+,32+,33+,34+,35+/m0/s1. The summed E-state index contributed by atoms with van der Waals surface area (Å²) in [6.45, 7) is 14.3. The maximum absolute atomic E-state index is 12.2. The first-order valence-electron chi connectivity index (χ1n) is 19.3. The number of hydrogen-bond donors (Lipinski definition) is 5. The van der Waals surface area contributed by atoms with Gasteiger partial charge >= 0.3 is 0 Å². The second-order valence-corrected chi connectivity index (χ2v) is 17.8. The Bertz CT molecular complexity index is 1320. The van der Waals surface area contributed by atoms with Crippen molar-refractivity contribution >= 4 is 0 Å². The Balaban J connectivity index is 1.10. The topological polar surface area (TPSA) is 181 Å². The minimum absolute atomic E-state index is 0.0334. The smallest absolute Gasteiger partial charge is 0.164 e. The van der Waals surface area contributed by atoms with Gasteiger partial charge in [0.1, 0.15) is 73.2 Å². The molecule has 2 unspecified atom stereocenters. The maximum atomic E-state index is 12.2. The van der Waals surface area contributed by atoms with E-state index >= 15 is 0 Å². The molecule has 8 aliphatic rings. The summed E-state index contributed by atoms with van der Waals surface area (Å²) in [6.07, 6.45) is 4.72. The maximum Gasteiger partial charge on any atom is 0.164 e. The third-order valence-electron chi connectivity index (χ3n) is 11.8. The third-order valence-corrected chi connectivity index (χ3v) is 11.8. The summed E-state index contributed by atoms with van der Waals surface area (Å²) in [5.74, 6) is -3.64. The number of hydrogen-bond acceptors (Lipinski definition) is 15. The molecule has 17 atom stereocenters. The summed E-state index contributed by atoms with van der Waals surface area (Å²) >= 11 is 0. The quantitative estimate of drug-likeness (QED) is 0.212. The van der Waals surface area contributed by atoms with Crippen molar-refractivity contribution in [2.75, 3.05) is 13.1 Å². The van der Waals surface area contributed by atoms with E-state index in [0.29, 0.717) is 0 Å². The molecule has 0 saturated carbocycles. The van der Waals surface area contributed by atoms with Crippen LogP contribution in [0.4, 0.5) is 0 Å². The molecule has 15 nitrogen and oxygen atoms in total. The summed E-state index contributed by atoms with van der Waals surface area (Å²) in [4.78, 5) is 3.72. The van der Waals surface area contributed by atoms with Crippen LogP contribution in [-0.2, 0) is 37.9 Å². The Kier molecular flexibility index (Phi) is 9.97. The zero-order valence-electron chi connectivity index (χ0n) is 32.2. The lowest BCUT2D eigenvalue weighted by Crippen LogP contribution is -2.64. The largest absolute Gasteiger partial charge is 0.390 e. The van der Waals surface area contributed by atoms with Crippen molar-refractivity contribution in [3.63, 3.8) is 0 Å². The van der Waals surface area contributed by atoms with Crippen LogP contribution in [0.25, 0.3) is 0 Å². The zero-order chi connectivity index (χ0) is 38.7. The second kappa shape index (κ2) is 13.7. The van der Waals surface area contributed by atoms with Crippen LogP contribution in [0.5, 0.6) is 0 Å². The lowest BCUT2D eigenvalue weighted by molar-refractivity contribution is -0.165. The molecule has 4 aliphatic heterocycles. The summed E-state index contributed by atoms with van der Waals surface area (Å²) in [6, 6.07) is -2.82. The Hall–Kier alpha value is -1.64. The second-order valence-electron chi connectivity index (χ2n) is 17.8. The predicted molar refractivity (Wildman–Crippen MR) is 190 cm³/mol. The number of aliphatic hydroxyl groups is 5. The molecular weight excluding hydrogens is 704 g/mol. The van der Waals surface area contributed by atoms with Crippen LogP contribution in [-0.4, -0.2) is 175 Å². The lowest BCUT2D eigenvalue weighted by Gasteiger charge is -2.48. The van der Waals surface area contributed by atoms with E-state index in [4.69, 9.17) is 37.9 Å². The molecule has 8 rings (SSSR count). The van der Waals surface area contributed by atoms with E-state index in [2.05, 4.69) is 0 Å². The molecule has 54 heavy (non-hydrogen) atoms. The average molecular weight is 763 g/mol. The first-order valence-corrected chi connectivity index (χ1v) is 19.3. The van der Waals surface area contributed by atoms with Gasteiger partial charge in [0.2, 0.25) is 0 Å². The van der Waals surface area contributed by atoms with Crippen molar-refractivity contribution in [2.45, 2.75) is 182 Å². The molecule has 0 amide bonds. The van der Waals surface area contributed by atoms with Crippen molar-refractivity contribution in [3.8, 4) is 0 Å². The summed E-state index contributed by atoms with van der Waals surface area (Å²) in [5, 5.41) is 59.7. The molecule has 0 aromatic rings. The van der Waals surface area contributed by atoms with Crippen LogP contribution in [0.15, 0.2) is 48.6 Å². The molecule has 0 radical (unpaired) electrons. The van der Waals surface area contributed by atoms with Gasteiger partial charge < -0.3 is 63.4 Å². The summed E-state index contributed by atoms with van der Waals surface area (Å²) in [7, 11) is 0. The van der Waals surface area contributed by atoms with Crippen molar-refractivity contribution in [1.29, 1.82) is 0 Å². The zero-order valence-corrected chi connectivity index (χ0v) is 32.2. The average Bonchev–Trinajstić information content (AvgIpc) is 3.78. The summed E-state index contributed by atoms with van der Waals surface area (Å²) < 4.78 is 48.7. The van der Waals surface area contributed by atoms with Gasteiger partial charge in [0, 0.05) is 13.1 Å². The fraction of sp³-hybridized carbons (Fsp3) is 0.795.